The third kappa shape index (κ3) is 6.50. The minimum absolute atomic E-state index is 0.123. The Morgan fingerprint density at radius 3 is 2.55 bits per heavy atom. The van der Waals surface area contributed by atoms with Crippen LogP contribution < -0.4 is 5.32 Å². The van der Waals surface area contributed by atoms with Crippen molar-refractivity contribution in [1.82, 2.24) is 10.2 Å². The van der Waals surface area contributed by atoms with Crippen molar-refractivity contribution in [3.8, 4) is 0 Å². The monoisotopic (exact) mass is 298 g/mol. The van der Waals surface area contributed by atoms with Gasteiger partial charge < -0.3 is 15.3 Å². The van der Waals surface area contributed by atoms with Gasteiger partial charge in [-0.3, -0.25) is 4.79 Å². The Labute approximate surface area is 125 Å². The zero-order chi connectivity index (χ0) is 15.1. The molecule has 1 aromatic rings. The van der Waals surface area contributed by atoms with Gasteiger partial charge >= 0.3 is 5.97 Å². The van der Waals surface area contributed by atoms with E-state index in [1.165, 1.54) is 11.3 Å². The van der Waals surface area contributed by atoms with Gasteiger partial charge in [-0.15, -0.1) is 11.3 Å². The number of thiophene rings is 1. The number of hydrogen-bond donors (Lipinski definition) is 2. The summed E-state index contributed by atoms with van der Waals surface area (Å²) in [6, 6.07) is 4.46. The molecule has 1 heterocycles. The predicted molar refractivity (Wildman–Crippen MR) is 84.3 cm³/mol. The van der Waals surface area contributed by atoms with Crippen LogP contribution in [0.4, 0.5) is 0 Å². The molecule has 1 atom stereocenters. The molecule has 0 saturated carbocycles. The standard InChI is InChI=1S/C15H26N2O2S/c1-11(2)7-12(17(3)4)9-16-10-14-6-5-13(20-14)8-15(18)19/h5-6,11-12,16H,7-10H2,1-4H3,(H,18,19). The molecule has 1 unspecified atom stereocenters. The maximum Gasteiger partial charge on any atom is 0.308 e. The normalized spacial score (nSPS) is 13.1. The molecule has 0 radical (unpaired) electrons. The number of likely N-dealkylation sites (N-methyl/N-ethyl adjacent to an activating group) is 1. The van der Waals surface area contributed by atoms with Crippen molar-refractivity contribution < 1.29 is 9.90 Å². The van der Waals surface area contributed by atoms with Gasteiger partial charge in [0.25, 0.3) is 0 Å². The van der Waals surface area contributed by atoms with Gasteiger partial charge in [-0.25, -0.2) is 0 Å². The zero-order valence-corrected chi connectivity index (χ0v) is 13.7. The van der Waals surface area contributed by atoms with Crippen LogP contribution in [0.15, 0.2) is 12.1 Å². The number of carboxylic acid groups (broad SMARTS) is 1. The molecular formula is C15H26N2O2S. The van der Waals surface area contributed by atoms with E-state index >= 15 is 0 Å². The second-order valence-corrected chi connectivity index (χ2v) is 7.07. The molecule has 1 rings (SSSR count). The number of rotatable bonds is 9. The molecule has 0 spiro atoms. The highest BCUT2D eigenvalue weighted by Crippen LogP contribution is 2.17. The quantitative estimate of drug-likeness (QED) is 0.735. The first kappa shape index (κ1) is 17.1. The predicted octanol–water partition coefficient (Wildman–Crippen LogP) is 2.44. The topological polar surface area (TPSA) is 52.6 Å². The molecule has 4 nitrogen and oxygen atoms in total. The molecule has 0 aromatic carbocycles. The van der Waals surface area contributed by atoms with Crippen LogP contribution in [0.1, 0.15) is 30.0 Å². The SMILES string of the molecule is CC(C)CC(CNCc1ccc(CC(=O)O)s1)N(C)C. The van der Waals surface area contributed by atoms with E-state index in [0.29, 0.717) is 12.0 Å². The number of carboxylic acids is 1. The molecule has 0 saturated heterocycles. The summed E-state index contributed by atoms with van der Waals surface area (Å²) < 4.78 is 0. The Balaban J connectivity index is 2.38. The summed E-state index contributed by atoms with van der Waals surface area (Å²) in [5.74, 6) is -0.0796. The summed E-state index contributed by atoms with van der Waals surface area (Å²) in [5.41, 5.74) is 0. The molecule has 0 fully saturated rings. The van der Waals surface area contributed by atoms with E-state index in [-0.39, 0.29) is 6.42 Å². The van der Waals surface area contributed by atoms with E-state index < -0.39 is 5.97 Å². The Kier molecular flexibility index (Phi) is 7.19. The lowest BCUT2D eigenvalue weighted by atomic mass is 10.0. The fraction of sp³-hybridized carbons (Fsp3) is 0.667. The van der Waals surface area contributed by atoms with Crippen LogP contribution in [0.3, 0.4) is 0 Å². The molecular weight excluding hydrogens is 272 g/mol. The molecule has 0 aliphatic carbocycles. The van der Waals surface area contributed by atoms with E-state index in [9.17, 15) is 4.79 Å². The second kappa shape index (κ2) is 8.39. The first-order valence-corrected chi connectivity index (χ1v) is 7.86. The van der Waals surface area contributed by atoms with Crippen LogP contribution in [0.2, 0.25) is 0 Å². The number of aliphatic carboxylic acids is 1. The van der Waals surface area contributed by atoms with Gasteiger partial charge in [0.15, 0.2) is 0 Å². The minimum atomic E-state index is -0.768. The van der Waals surface area contributed by atoms with Gasteiger partial charge in [-0.2, -0.15) is 0 Å². The highest BCUT2D eigenvalue weighted by atomic mass is 32.1. The Morgan fingerprint density at radius 2 is 2.00 bits per heavy atom. The number of carbonyl (C=O) groups is 1. The highest BCUT2D eigenvalue weighted by molar-refractivity contribution is 7.12. The fourth-order valence-electron chi connectivity index (χ4n) is 2.14. The van der Waals surface area contributed by atoms with Gasteiger partial charge in [0.1, 0.15) is 0 Å². The number of nitrogens with zero attached hydrogens (tertiary/aromatic N) is 1. The Bertz CT molecular complexity index is 416. The van der Waals surface area contributed by atoms with Crippen LogP contribution in [0.25, 0.3) is 0 Å². The van der Waals surface area contributed by atoms with Gasteiger partial charge in [0, 0.05) is 28.9 Å². The first-order chi connectivity index (χ1) is 9.38. The fourth-order valence-corrected chi connectivity index (χ4v) is 3.12. The molecule has 0 bridgehead atoms. The van der Waals surface area contributed by atoms with E-state index in [1.54, 1.807) is 11.3 Å². The minimum Gasteiger partial charge on any atom is -0.481 e. The lowest BCUT2D eigenvalue weighted by Gasteiger charge is -2.26. The Morgan fingerprint density at radius 1 is 1.35 bits per heavy atom. The molecule has 1 aromatic heterocycles. The van der Waals surface area contributed by atoms with Crippen molar-refractivity contribution in [3.63, 3.8) is 0 Å². The van der Waals surface area contributed by atoms with Gasteiger partial charge in [0.05, 0.1) is 6.42 Å². The summed E-state index contributed by atoms with van der Waals surface area (Å²) >= 11 is 1.58. The zero-order valence-electron chi connectivity index (χ0n) is 12.8. The number of hydrogen-bond acceptors (Lipinski definition) is 4. The van der Waals surface area contributed by atoms with Gasteiger partial charge in [-0.1, -0.05) is 13.8 Å². The van der Waals surface area contributed by atoms with Crippen molar-refractivity contribution in [3.05, 3.63) is 21.9 Å². The summed E-state index contributed by atoms with van der Waals surface area (Å²) in [7, 11) is 4.23. The van der Waals surface area contributed by atoms with Crippen LogP contribution in [0, 0.1) is 5.92 Å². The van der Waals surface area contributed by atoms with Crippen molar-refractivity contribution in [2.45, 2.75) is 39.3 Å². The Hall–Kier alpha value is -0.910. The van der Waals surface area contributed by atoms with Crippen molar-refractivity contribution in [2.24, 2.45) is 5.92 Å². The first-order valence-electron chi connectivity index (χ1n) is 7.05. The lowest BCUT2D eigenvalue weighted by molar-refractivity contribution is -0.136. The van der Waals surface area contributed by atoms with E-state index in [0.717, 1.165) is 18.0 Å². The molecule has 114 valence electrons. The largest absolute Gasteiger partial charge is 0.481 e. The van der Waals surface area contributed by atoms with Gasteiger partial charge in [0.2, 0.25) is 0 Å². The third-order valence-corrected chi connectivity index (χ3v) is 4.28. The number of nitrogens with one attached hydrogen (secondary N) is 1. The smallest absolute Gasteiger partial charge is 0.308 e. The van der Waals surface area contributed by atoms with Gasteiger partial charge in [-0.05, 0) is 38.6 Å². The summed E-state index contributed by atoms with van der Waals surface area (Å²) in [5, 5.41) is 12.2. The molecule has 20 heavy (non-hydrogen) atoms. The van der Waals surface area contributed by atoms with Crippen molar-refractivity contribution >= 4 is 17.3 Å². The van der Waals surface area contributed by atoms with Crippen LogP contribution >= 0.6 is 11.3 Å². The third-order valence-electron chi connectivity index (χ3n) is 3.20. The van der Waals surface area contributed by atoms with Crippen LogP contribution in [-0.4, -0.2) is 42.7 Å². The van der Waals surface area contributed by atoms with E-state index in [2.05, 4.69) is 38.2 Å². The summed E-state index contributed by atoms with van der Waals surface area (Å²) in [6.07, 6.45) is 1.30. The molecule has 5 heteroatoms. The lowest BCUT2D eigenvalue weighted by Crippen LogP contribution is -2.38. The summed E-state index contributed by atoms with van der Waals surface area (Å²) in [4.78, 5) is 15.0. The van der Waals surface area contributed by atoms with E-state index in [4.69, 9.17) is 5.11 Å². The maximum absolute atomic E-state index is 10.6. The van der Waals surface area contributed by atoms with Crippen molar-refractivity contribution in [2.75, 3.05) is 20.6 Å². The molecule has 0 aliphatic heterocycles. The van der Waals surface area contributed by atoms with Crippen LogP contribution in [-0.2, 0) is 17.8 Å². The molecule has 2 N–H and O–H groups in total. The molecule has 0 amide bonds. The van der Waals surface area contributed by atoms with E-state index in [1.807, 2.05) is 12.1 Å². The molecule has 0 aliphatic rings. The maximum atomic E-state index is 10.6. The average molecular weight is 298 g/mol. The van der Waals surface area contributed by atoms with Crippen molar-refractivity contribution in [1.29, 1.82) is 0 Å². The average Bonchev–Trinajstić information content (AvgIpc) is 2.73. The summed E-state index contributed by atoms with van der Waals surface area (Å²) in [6.45, 7) is 6.26. The highest BCUT2D eigenvalue weighted by Gasteiger charge is 2.13. The van der Waals surface area contributed by atoms with Crippen LogP contribution in [0.5, 0.6) is 0 Å². The second-order valence-electron chi connectivity index (χ2n) is 5.82.